The number of carbonyl (C=O) groups excluding carboxylic acids is 2. The molecule has 7 heteroatoms. The highest BCUT2D eigenvalue weighted by Gasteiger charge is 2.30. The Labute approximate surface area is 122 Å². The first kappa shape index (κ1) is 15.2. The summed E-state index contributed by atoms with van der Waals surface area (Å²) >= 11 is 0. The van der Waals surface area contributed by atoms with E-state index in [4.69, 9.17) is 4.74 Å². The third-order valence-corrected chi connectivity index (χ3v) is 4.00. The summed E-state index contributed by atoms with van der Waals surface area (Å²) in [6.45, 7) is 4.34. The summed E-state index contributed by atoms with van der Waals surface area (Å²) < 4.78 is 4.72. The van der Waals surface area contributed by atoms with Crippen LogP contribution in [0.1, 0.15) is 34.5 Å². The van der Waals surface area contributed by atoms with E-state index in [1.165, 1.54) is 7.11 Å². The van der Waals surface area contributed by atoms with Crippen LogP contribution >= 0.6 is 0 Å². The summed E-state index contributed by atoms with van der Waals surface area (Å²) in [5.41, 5.74) is 0.887. The molecule has 7 nitrogen and oxygen atoms in total. The van der Waals surface area contributed by atoms with Crippen LogP contribution in [0.2, 0.25) is 0 Å². The first-order valence-electron chi connectivity index (χ1n) is 6.88. The number of nitrogens with zero attached hydrogens (tertiary/aromatic N) is 2. The van der Waals surface area contributed by atoms with E-state index in [0.29, 0.717) is 37.2 Å². The average molecular weight is 293 g/mol. The molecule has 2 rings (SSSR count). The normalized spacial score (nSPS) is 15.9. The number of H-pyrrole nitrogens is 1. The molecule has 1 saturated heterocycles. The highest BCUT2D eigenvalue weighted by Crippen LogP contribution is 2.20. The number of aromatic amines is 1. The number of rotatable bonds is 2. The van der Waals surface area contributed by atoms with Crippen LogP contribution < -0.4 is 5.56 Å². The van der Waals surface area contributed by atoms with E-state index in [9.17, 15) is 14.4 Å². The molecule has 1 N–H and O–H groups in total. The van der Waals surface area contributed by atoms with Crippen LogP contribution in [-0.2, 0) is 9.53 Å². The summed E-state index contributed by atoms with van der Waals surface area (Å²) in [6, 6.07) is 0. The van der Waals surface area contributed by atoms with Crippen molar-refractivity contribution in [1.82, 2.24) is 15.1 Å². The van der Waals surface area contributed by atoms with E-state index in [1.54, 1.807) is 18.7 Å². The summed E-state index contributed by atoms with van der Waals surface area (Å²) in [7, 11) is 1.36. The Kier molecular flexibility index (Phi) is 4.40. The third kappa shape index (κ3) is 2.96. The van der Waals surface area contributed by atoms with Crippen molar-refractivity contribution in [3.05, 3.63) is 27.2 Å². The van der Waals surface area contributed by atoms with Crippen molar-refractivity contribution in [2.45, 2.75) is 26.7 Å². The van der Waals surface area contributed by atoms with E-state index >= 15 is 0 Å². The summed E-state index contributed by atoms with van der Waals surface area (Å²) in [6.07, 6.45) is 1.11. The molecular weight excluding hydrogens is 274 g/mol. The van der Waals surface area contributed by atoms with Crippen molar-refractivity contribution in [3.63, 3.8) is 0 Å². The van der Waals surface area contributed by atoms with Gasteiger partial charge in [-0.05, 0) is 32.3 Å². The molecule has 0 spiro atoms. The second-order valence-corrected chi connectivity index (χ2v) is 5.23. The molecule has 0 bridgehead atoms. The van der Waals surface area contributed by atoms with Gasteiger partial charge in [-0.25, -0.2) is 5.10 Å². The molecule has 1 aromatic heterocycles. The van der Waals surface area contributed by atoms with Gasteiger partial charge in [-0.15, -0.1) is 0 Å². The Hall–Kier alpha value is -2.18. The molecule has 0 aromatic carbocycles. The molecule has 0 unspecified atom stereocenters. The summed E-state index contributed by atoms with van der Waals surface area (Å²) in [4.78, 5) is 37.4. The van der Waals surface area contributed by atoms with E-state index in [-0.39, 0.29) is 23.4 Å². The van der Waals surface area contributed by atoms with Crippen LogP contribution in [0.3, 0.4) is 0 Å². The van der Waals surface area contributed by atoms with Crippen LogP contribution in [0.15, 0.2) is 4.79 Å². The lowest BCUT2D eigenvalue weighted by atomic mass is 9.96. The van der Waals surface area contributed by atoms with Crippen molar-refractivity contribution in [1.29, 1.82) is 0 Å². The maximum Gasteiger partial charge on any atom is 0.308 e. The Morgan fingerprint density at radius 1 is 1.29 bits per heavy atom. The SMILES string of the molecule is COC(=O)C1CCN(C(=O)c2c(C)c(C)n[nH]c2=O)CC1. The number of hydrogen-bond acceptors (Lipinski definition) is 5. The molecule has 2 heterocycles. The minimum atomic E-state index is -0.474. The molecule has 0 radical (unpaired) electrons. The van der Waals surface area contributed by atoms with Gasteiger partial charge in [0.2, 0.25) is 0 Å². The highest BCUT2D eigenvalue weighted by molar-refractivity contribution is 5.95. The van der Waals surface area contributed by atoms with Gasteiger partial charge in [0.05, 0.1) is 18.7 Å². The van der Waals surface area contributed by atoms with Gasteiger partial charge in [0.25, 0.3) is 11.5 Å². The Morgan fingerprint density at radius 3 is 2.48 bits per heavy atom. The number of esters is 1. The fourth-order valence-electron chi connectivity index (χ4n) is 2.53. The van der Waals surface area contributed by atoms with Crippen LogP contribution in [-0.4, -0.2) is 47.2 Å². The lowest BCUT2D eigenvalue weighted by Crippen LogP contribution is -2.42. The molecule has 1 aromatic rings. The fraction of sp³-hybridized carbons (Fsp3) is 0.571. The lowest BCUT2D eigenvalue weighted by molar-refractivity contribution is -0.146. The van der Waals surface area contributed by atoms with Gasteiger partial charge >= 0.3 is 5.97 Å². The number of ether oxygens (including phenoxy) is 1. The number of hydrogen-bond donors (Lipinski definition) is 1. The molecule has 0 aliphatic carbocycles. The molecule has 21 heavy (non-hydrogen) atoms. The van der Waals surface area contributed by atoms with Crippen LogP contribution in [0, 0.1) is 19.8 Å². The molecule has 1 aliphatic heterocycles. The zero-order valence-electron chi connectivity index (χ0n) is 12.4. The molecule has 0 saturated carbocycles. The minimum absolute atomic E-state index is 0.138. The molecule has 1 amide bonds. The Bertz CT molecular complexity index is 615. The number of methoxy groups -OCH3 is 1. The predicted octanol–water partition coefficient (Wildman–Crippen LogP) is 0.412. The molecule has 1 fully saturated rings. The van der Waals surface area contributed by atoms with Gasteiger partial charge in [0, 0.05) is 13.1 Å². The first-order chi connectivity index (χ1) is 9.95. The number of aryl methyl sites for hydroxylation is 1. The second kappa shape index (κ2) is 6.07. The topological polar surface area (TPSA) is 92.4 Å². The van der Waals surface area contributed by atoms with Gasteiger partial charge in [0.15, 0.2) is 0 Å². The maximum absolute atomic E-state index is 12.5. The summed E-state index contributed by atoms with van der Waals surface area (Å²) in [5.74, 6) is -0.712. The minimum Gasteiger partial charge on any atom is -0.469 e. The number of piperidine rings is 1. The van der Waals surface area contributed by atoms with Crippen LogP contribution in [0.4, 0.5) is 0 Å². The van der Waals surface area contributed by atoms with Crippen LogP contribution in [0.25, 0.3) is 0 Å². The quantitative estimate of drug-likeness (QED) is 0.797. The van der Waals surface area contributed by atoms with Crippen molar-refractivity contribution in [3.8, 4) is 0 Å². The number of amides is 1. The largest absolute Gasteiger partial charge is 0.469 e. The predicted molar refractivity (Wildman–Crippen MR) is 75.0 cm³/mol. The van der Waals surface area contributed by atoms with E-state index < -0.39 is 5.56 Å². The van der Waals surface area contributed by atoms with Crippen LogP contribution in [0.5, 0.6) is 0 Å². The van der Waals surface area contributed by atoms with Crippen molar-refractivity contribution in [2.75, 3.05) is 20.2 Å². The zero-order chi connectivity index (χ0) is 15.6. The molecular formula is C14H19N3O4. The zero-order valence-corrected chi connectivity index (χ0v) is 12.4. The van der Waals surface area contributed by atoms with Crippen molar-refractivity contribution in [2.24, 2.45) is 5.92 Å². The lowest BCUT2D eigenvalue weighted by Gasteiger charge is -2.30. The molecule has 114 valence electrons. The second-order valence-electron chi connectivity index (χ2n) is 5.23. The first-order valence-corrected chi connectivity index (χ1v) is 6.88. The number of aromatic nitrogens is 2. The van der Waals surface area contributed by atoms with Crippen molar-refractivity contribution < 1.29 is 14.3 Å². The molecule has 0 atom stereocenters. The number of likely N-dealkylation sites (tertiary alicyclic amines) is 1. The highest BCUT2D eigenvalue weighted by atomic mass is 16.5. The van der Waals surface area contributed by atoms with Gasteiger partial charge in [0.1, 0.15) is 5.56 Å². The monoisotopic (exact) mass is 293 g/mol. The van der Waals surface area contributed by atoms with Gasteiger partial charge in [-0.2, -0.15) is 5.10 Å². The molecule has 1 aliphatic rings. The maximum atomic E-state index is 12.5. The van der Waals surface area contributed by atoms with Gasteiger partial charge in [-0.1, -0.05) is 0 Å². The number of carbonyl (C=O) groups is 2. The van der Waals surface area contributed by atoms with Crippen molar-refractivity contribution >= 4 is 11.9 Å². The smallest absolute Gasteiger partial charge is 0.308 e. The van der Waals surface area contributed by atoms with E-state index in [1.807, 2.05) is 0 Å². The summed E-state index contributed by atoms with van der Waals surface area (Å²) in [5, 5.41) is 6.18. The third-order valence-electron chi connectivity index (χ3n) is 4.00. The van der Waals surface area contributed by atoms with E-state index in [2.05, 4.69) is 10.2 Å². The average Bonchev–Trinajstić information content (AvgIpc) is 2.50. The standard InChI is InChI=1S/C14H19N3O4/c1-8-9(2)15-16-12(18)11(8)13(19)17-6-4-10(5-7-17)14(20)21-3/h10H,4-7H2,1-3H3,(H,16,18). The van der Waals surface area contributed by atoms with Gasteiger partial charge in [-0.3, -0.25) is 14.4 Å². The fourth-order valence-corrected chi connectivity index (χ4v) is 2.53. The Balaban J connectivity index is 2.15. The van der Waals surface area contributed by atoms with Gasteiger partial charge < -0.3 is 9.64 Å². The Morgan fingerprint density at radius 2 is 1.90 bits per heavy atom. The number of nitrogens with one attached hydrogen (secondary N) is 1. The van der Waals surface area contributed by atoms with E-state index in [0.717, 1.165) is 0 Å².